The van der Waals surface area contributed by atoms with E-state index in [1.807, 2.05) is 30.3 Å². The molecule has 0 heterocycles. The van der Waals surface area contributed by atoms with Gasteiger partial charge in [-0.3, -0.25) is 0 Å². The quantitative estimate of drug-likeness (QED) is 0.750. The molecule has 15 heavy (non-hydrogen) atoms. The van der Waals surface area contributed by atoms with Crippen molar-refractivity contribution >= 4 is 19.7 Å². The zero-order chi connectivity index (χ0) is 10.9. The van der Waals surface area contributed by atoms with Gasteiger partial charge in [0.05, 0.1) is 5.25 Å². The van der Waals surface area contributed by atoms with E-state index >= 15 is 0 Å². The Kier molecular flexibility index (Phi) is 3.03. The lowest BCUT2D eigenvalue weighted by atomic mass is 9.98. The first kappa shape index (κ1) is 11.0. The van der Waals surface area contributed by atoms with Gasteiger partial charge in [0.25, 0.3) is 0 Å². The highest BCUT2D eigenvalue weighted by Gasteiger charge is 2.33. The molecule has 0 amide bonds. The summed E-state index contributed by atoms with van der Waals surface area (Å²) < 4.78 is 22.4. The Hall–Kier alpha value is -0.540. The first-order chi connectivity index (χ1) is 7.07. The van der Waals surface area contributed by atoms with E-state index in [0.29, 0.717) is 18.8 Å². The fourth-order valence-corrected chi connectivity index (χ4v) is 3.59. The van der Waals surface area contributed by atoms with Crippen molar-refractivity contribution in [2.24, 2.45) is 0 Å². The van der Waals surface area contributed by atoms with E-state index in [0.717, 1.165) is 6.42 Å². The Labute approximate surface area is 94.7 Å². The molecule has 0 saturated heterocycles. The summed E-state index contributed by atoms with van der Waals surface area (Å²) in [7, 11) is 1.99. The topological polar surface area (TPSA) is 34.1 Å². The predicted molar refractivity (Wildman–Crippen MR) is 61.6 cm³/mol. The lowest BCUT2D eigenvalue weighted by Gasteiger charge is -2.09. The van der Waals surface area contributed by atoms with E-state index in [1.165, 1.54) is 5.56 Å². The van der Waals surface area contributed by atoms with Gasteiger partial charge in [-0.25, -0.2) is 8.42 Å². The Morgan fingerprint density at radius 1 is 1.13 bits per heavy atom. The van der Waals surface area contributed by atoms with E-state index in [4.69, 9.17) is 10.7 Å². The summed E-state index contributed by atoms with van der Waals surface area (Å²) in [6.45, 7) is 0. The number of hydrogen-bond donors (Lipinski definition) is 0. The average Bonchev–Trinajstić information content (AvgIpc) is 2.67. The molecule has 1 fully saturated rings. The van der Waals surface area contributed by atoms with Crippen LogP contribution in [0.2, 0.25) is 0 Å². The molecule has 1 aromatic rings. The van der Waals surface area contributed by atoms with Gasteiger partial charge in [0, 0.05) is 10.7 Å². The molecule has 1 aromatic carbocycles. The van der Waals surface area contributed by atoms with Crippen molar-refractivity contribution in [3.8, 4) is 0 Å². The van der Waals surface area contributed by atoms with Crippen LogP contribution in [0.4, 0.5) is 0 Å². The van der Waals surface area contributed by atoms with Gasteiger partial charge >= 0.3 is 0 Å². The molecule has 2 nitrogen and oxygen atoms in total. The van der Waals surface area contributed by atoms with Crippen LogP contribution >= 0.6 is 10.7 Å². The van der Waals surface area contributed by atoms with Crippen LogP contribution in [0, 0.1) is 0 Å². The molecule has 1 aliphatic carbocycles. The van der Waals surface area contributed by atoms with Crippen molar-refractivity contribution in [1.29, 1.82) is 0 Å². The smallest absolute Gasteiger partial charge is 0.212 e. The number of hydrogen-bond acceptors (Lipinski definition) is 2. The minimum Gasteiger partial charge on any atom is -0.212 e. The lowest BCUT2D eigenvalue weighted by Crippen LogP contribution is -2.11. The van der Waals surface area contributed by atoms with E-state index in [-0.39, 0.29) is 5.25 Å². The van der Waals surface area contributed by atoms with Crippen molar-refractivity contribution in [3.05, 3.63) is 35.9 Å². The van der Waals surface area contributed by atoms with E-state index in [2.05, 4.69) is 0 Å². The Bertz CT molecular complexity index is 427. The van der Waals surface area contributed by atoms with Crippen molar-refractivity contribution in [2.45, 2.75) is 30.4 Å². The molecule has 0 bridgehead atoms. The summed E-state index contributed by atoms with van der Waals surface area (Å²) in [6, 6.07) is 10.0. The van der Waals surface area contributed by atoms with Gasteiger partial charge in [0.1, 0.15) is 0 Å². The standard InChI is InChI=1S/C11H13ClO2S/c12-15(13,14)11-7-6-10(8-11)9-4-2-1-3-5-9/h1-5,10-11H,6-8H2. The highest BCUT2D eigenvalue weighted by molar-refractivity contribution is 8.14. The summed E-state index contributed by atoms with van der Waals surface area (Å²) in [6.07, 6.45) is 2.27. The molecule has 1 aliphatic rings. The highest BCUT2D eigenvalue weighted by Crippen LogP contribution is 2.38. The van der Waals surface area contributed by atoms with E-state index in [9.17, 15) is 8.42 Å². The number of rotatable bonds is 2. The molecule has 2 unspecified atom stereocenters. The van der Waals surface area contributed by atoms with Crippen LogP contribution in [-0.2, 0) is 9.05 Å². The third-order valence-electron chi connectivity index (χ3n) is 3.05. The first-order valence-corrected chi connectivity index (χ1v) is 7.43. The molecule has 0 radical (unpaired) electrons. The maximum Gasteiger partial charge on any atom is 0.235 e. The van der Waals surface area contributed by atoms with Crippen LogP contribution in [0.3, 0.4) is 0 Å². The minimum atomic E-state index is -3.37. The molecule has 2 atom stereocenters. The predicted octanol–water partition coefficient (Wildman–Crippen LogP) is 2.89. The minimum absolute atomic E-state index is 0.352. The van der Waals surface area contributed by atoms with Crippen LogP contribution in [0.1, 0.15) is 30.7 Å². The molecule has 0 N–H and O–H groups in total. The van der Waals surface area contributed by atoms with Gasteiger partial charge in [-0.15, -0.1) is 0 Å². The number of halogens is 1. The lowest BCUT2D eigenvalue weighted by molar-refractivity contribution is 0.593. The summed E-state index contributed by atoms with van der Waals surface area (Å²) in [5.41, 5.74) is 1.22. The van der Waals surface area contributed by atoms with Crippen LogP contribution in [0.5, 0.6) is 0 Å². The van der Waals surface area contributed by atoms with Crippen molar-refractivity contribution in [1.82, 2.24) is 0 Å². The summed E-state index contributed by atoms with van der Waals surface area (Å²) >= 11 is 0. The SMILES string of the molecule is O=S(=O)(Cl)C1CCC(c2ccccc2)C1. The maximum atomic E-state index is 11.2. The molecular weight excluding hydrogens is 232 g/mol. The second-order valence-electron chi connectivity index (χ2n) is 4.02. The summed E-state index contributed by atoms with van der Waals surface area (Å²) in [5, 5.41) is -0.357. The molecule has 4 heteroatoms. The maximum absolute atomic E-state index is 11.2. The third kappa shape index (κ3) is 2.52. The summed E-state index contributed by atoms with van der Waals surface area (Å²) in [5.74, 6) is 0.352. The van der Waals surface area contributed by atoms with Gasteiger partial charge in [-0.2, -0.15) is 0 Å². The van der Waals surface area contributed by atoms with Crippen LogP contribution in [0.15, 0.2) is 30.3 Å². The van der Waals surface area contributed by atoms with Gasteiger partial charge in [-0.1, -0.05) is 30.3 Å². The van der Waals surface area contributed by atoms with Crippen molar-refractivity contribution < 1.29 is 8.42 Å². The average molecular weight is 245 g/mol. The van der Waals surface area contributed by atoms with Gasteiger partial charge in [-0.05, 0) is 30.7 Å². The van der Waals surface area contributed by atoms with Crippen LogP contribution in [-0.4, -0.2) is 13.7 Å². The highest BCUT2D eigenvalue weighted by atomic mass is 35.7. The molecule has 1 saturated carbocycles. The number of benzene rings is 1. The zero-order valence-electron chi connectivity index (χ0n) is 8.27. The first-order valence-electron chi connectivity index (χ1n) is 5.06. The van der Waals surface area contributed by atoms with Crippen LogP contribution in [0.25, 0.3) is 0 Å². The van der Waals surface area contributed by atoms with Gasteiger partial charge < -0.3 is 0 Å². The Morgan fingerprint density at radius 2 is 1.80 bits per heavy atom. The largest absolute Gasteiger partial charge is 0.235 e. The van der Waals surface area contributed by atoms with Gasteiger partial charge in [0.15, 0.2) is 0 Å². The zero-order valence-corrected chi connectivity index (χ0v) is 9.84. The second-order valence-corrected chi connectivity index (χ2v) is 6.93. The van der Waals surface area contributed by atoms with Gasteiger partial charge in [0.2, 0.25) is 9.05 Å². The molecule has 0 aliphatic heterocycles. The Balaban J connectivity index is 2.12. The molecule has 82 valence electrons. The second kappa shape index (κ2) is 4.14. The van der Waals surface area contributed by atoms with Crippen molar-refractivity contribution in [2.75, 3.05) is 0 Å². The van der Waals surface area contributed by atoms with Crippen LogP contribution < -0.4 is 0 Å². The van der Waals surface area contributed by atoms with E-state index in [1.54, 1.807) is 0 Å². The van der Waals surface area contributed by atoms with E-state index < -0.39 is 9.05 Å². The fourth-order valence-electron chi connectivity index (χ4n) is 2.22. The fraction of sp³-hybridized carbons (Fsp3) is 0.455. The molecule has 0 spiro atoms. The normalized spacial score (nSPS) is 26.7. The monoisotopic (exact) mass is 244 g/mol. The third-order valence-corrected chi connectivity index (χ3v) is 5.03. The molecule has 2 rings (SSSR count). The summed E-state index contributed by atoms with van der Waals surface area (Å²) in [4.78, 5) is 0. The molecular formula is C11H13ClO2S. The van der Waals surface area contributed by atoms with Crippen molar-refractivity contribution in [3.63, 3.8) is 0 Å². The Morgan fingerprint density at radius 3 is 2.33 bits per heavy atom. The molecule has 0 aromatic heterocycles.